The molecule has 35 heavy (non-hydrogen) atoms. The van der Waals surface area contributed by atoms with E-state index in [4.69, 9.17) is 27.9 Å². The number of Topliss-reactive ketones (excluding diaryl/α,β-unsaturated/α-hetero) is 1. The van der Waals surface area contributed by atoms with Crippen molar-refractivity contribution in [2.75, 3.05) is 11.5 Å². The van der Waals surface area contributed by atoms with Gasteiger partial charge in [0.1, 0.15) is 11.5 Å². The highest BCUT2D eigenvalue weighted by molar-refractivity contribution is 6.51. The number of aryl methyl sites for hydroxylation is 1. The van der Waals surface area contributed by atoms with Crippen molar-refractivity contribution >= 4 is 46.3 Å². The summed E-state index contributed by atoms with van der Waals surface area (Å²) in [6.07, 6.45) is 0. The SMILES string of the molecule is Cc1ccc(N2C(=O)C(=O)/C(=C(\O)c3cccc(OCC(C)C)c3)C2c2ccc(Cl)c(Cl)c2)cc1. The van der Waals surface area contributed by atoms with Gasteiger partial charge in [0.15, 0.2) is 0 Å². The minimum atomic E-state index is -0.896. The lowest BCUT2D eigenvalue weighted by atomic mass is 9.95. The number of anilines is 1. The third-order valence-electron chi connectivity index (χ3n) is 5.71. The number of halogens is 2. The Morgan fingerprint density at radius 1 is 1.00 bits per heavy atom. The first kappa shape index (κ1) is 24.8. The highest BCUT2D eigenvalue weighted by Crippen LogP contribution is 2.43. The zero-order chi connectivity index (χ0) is 25.3. The molecule has 0 bridgehead atoms. The van der Waals surface area contributed by atoms with Crippen molar-refractivity contribution < 1.29 is 19.4 Å². The highest BCUT2D eigenvalue weighted by atomic mass is 35.5. The molecule has 1 N–H and O–H groups in total. The summed E-state index contributed by atoms with van der Waals surface area (Å²) in [7, 11) is 0. The Hall–Kier alpha value is -3.28. The molecule has 0 aliphatic carbocycles. The molecule has 0 aromatic heterocycles. The second kappa shape index (κ2) is 10.1. The molecule has 4 rings (SSSR count). The van der Waals surface area contributed by atoms with Crippen molar-refractivity contribution in [3.05, 3.63) is 99.0 Å². The van der Waals surface area contributed by atoms with E-state index >= 15 is 0 Å². The fourth-order valence-electron chi connectivity index (χ4n) is 3.95. The van der Waals surface area contributed by atoms with E-state index in [1.54, 1.807) is 54.6 Å². The zero-order valence-electron chi connectivity index (χ0n) is 19.6. The van der Waals surface area contributed by atoms with Crippen LogP contribution in [-0.4, -0.2) is 23.4 Å². The maximum Gasteiger partial charge on any atom is 0.300 e. The summed E-state index contributed by atoms with van der Waals surface area (Å²) in [5.41, 5.74) is 2.43. The zero-order valence-corrected chi connectivity index (χ0v) is 21.1. The molecule has 7 heteroatoms. The Labute approximate surface area is 214 Å². The number of aliphatic hydroxyl groups excluding tert-OH is 1. The van der Waals surface area contributed by atoms with Crippen LogP contribution >= 0.6 is 23.2 Å². The van der Waals surface area contributed by atoms with Gasteiger partial charge in [-0.25, -0.2) is 0 Å². The highest BCUT2D eigenvalue weighted by Gasteiger charge is 2.47. The smallest absolute Gasteiger partial charge is 0.300 e. The largest absolute Gasteiger partial charge is 0.507 e. The van der Waals surface area contributed by atoms with Gasteiger partial charge >= 0.3 is 0 Å². The molecular weight excluding hydrogens is 485 g/mol. The van der Waals surface area contributed by atoms with Gasteiger partial charge in [-0.3, -0.25) is 14.5 Å². The van der Waals surface area contributed by atoms with Crippen LogP contribution in [0.4, 0.5) is 5.69 Å². The normalized spacial score (nSPS) is 17.3. The summed E-state index contributed by atoms with van der Waals surface area (Å²) in [6, 6.07) is 18.1. The van der Waals surface area contributed by atoms with E-state index in [1.807, 2.05) is 32.9 Å². The molecule has 0 saturated carbocycles. The lowest BCUT2D eigenvalue weighted by Gasteiger charge is -2.26. The predicted octanol–water partition coefficient (Wildman–Crippen LogP) is 6.96. The number of benzene rings is 3. The number of hydrogen-bond acceptors (Lipinski definition) is 4. The average Bonchev–Trinajstić information content (AvgIpc) is 3.10. The third-order valence-corrected chi connectivity index (χ3v) is 6.45. The number of aliphatic hydroxyl groups is 1. The van der Waals surface area contributed by atoms with Crippen LogP contribution in [0.3, 0.4) is 0 Å². The van der Waals surface area contributed by atoms with Crippen molar-refractivity contribution in [3.63, 3.8) is 0 Å². The van der Waals surface area contributed by atoms with E-state index < -0.39 is 17.7 Å². The molecule has 1 amide bonds. The summed E-state index contributed by atoms with van der Waals surface area (Å²) in [5.74, 6) is -0.932. The molecule has 180 valence electrons. The Morgan fingerprint density at radius 3 is 2.37 bits per heavy atom. The molecule has 3 aromatic carbocycles. The van der Waals surface area contributed by atoms with Crippen molar-refractivity contribution in [1.29, 1.82) is 0 Å². The van der Waals surface area contributed by atoms with E-state index in [-0.39, 0.29) is 16.4 Å². The second-order valence-electron chi connectivity index (χ2n) is 8.91. The predicted molar refractivity (Wildman–Crippen MR) is 139 cm³/mol. The lowest BCUT2D eigenvalue weighted by Crippen LogP contribution is -2.29. The van der Waals surface area contributed by atoms with E-state index in [9.17, 15) is 14.7 Å². The first-order chi connectivity index (χ1) is 16.7. The maximum absolute atomic E-state index is 13.3. The molecule has 0 radical (unpaired) electrons. The molecule has 1 saturated heterocycles. The van der Waals surface area contributed by atoms with Crippen LogP contribution in [0.5, 0.6) is 5.75 Å². The molecule has 1 aliphatic heterocycles. The number of ether oxygens (including phenoxy) is 1. The molecule has 1 aliphatic rings. The van der Waals surface area contributed by atoms with Gasteiger partial charge in [-0.2, -0.15) is 0 Å². The van der Waals surface area contributed by atoms with Crippen LogP contribution in [-0.2, 0) is 9.59 Å². The molecule has 1 heterocycles. The Morgan fingerprint density at radius 2 is 1.71 bits per heavy atom. The van der Waals surface area contributed by atoms with Crippen LogP contribution in [0, 0.1) is 12.8 Å². The summed E-state index contributed by atoms with van der Waals surface area (Å²) >= 11 is 12.4. The molecule has 1 unspecified atom stereocenters. The minimum absolute atomic E-state index is 0.0324. The number of hydrogen-bond donors (Lipinski definition) is 1. The minimum Gasteiger partial charge on any atom is -0.507 e. The summed E-state index contributed by atoms with van der Waals surface area (Å²) in [6.45, 7) is 6.51. The van der Waals surface area contributed by atoms with Gasteiger partial charge in [0.2, 0.25) is 0 Å². The van der Waals surface area contributed by atoms with Crippen molar-refractivity contribution in [1.82, 2.24) is 0 Å². The number of ketones is 1. The Kier molecular flexibility index (Phi) is 7.20. The third kappa shape index (κ3) is 5.07. The van der Waals surface area contributed by atoms with Crippen LogP contribution in [0.1, 0.15) is 36.6 Å². The first-order valence-electron chi connectivity index (χ1n) is 11.2. The molecule has 3 aromatic rings. The maximum atomic E-state index is 13.3. The van der Waals surface area contributed by atoms with Crippen molar-refractivity contribution in [3.8, 4) is 5.75 Å². The summed E-state index contributed by atoms with van der Waals surface area (Å²) in [5, 5.41) is 12.0. The van der Waals surface area contributed by atoms with Crippen molar-refractivity contribution in [2.45, 2.75) is 26.8 Å². The van der Waals surface area contributed by atoms with Gasteiger partial charge in [0.25, 0.3) is 11.7 Å². The topological polar surface area (TPSA) is 66.8 Å². The lowest BCUT2D eigenvalue weighted by molar-refractivity contribution is -0.132. The van der Waals surface area contributed by atoms with Gasteiger partial charge in [-0.1, -0.05) is 72.9 Å². The number of rotatable bonds is 6. The van der Waals surface area contributed by atoms with Gasteiger partial charge in [-0.15, -0.1) is 0 Å². The Bertz CT molecular complexity index is 1310. The fourth-order valence-corrected chi connectivity index (χ4v) is 4.26. The summed E-state index contributed by atoms with van der Waals surface area (Å²) < 4.78 is 5.78. The standard InChI is InChI=1S/C28H25Cl2NO4/c1-16(2)15-35-21-6-4-5-19(13-21)26(32)24-25(18-9-12-22(29)23(30)14-18)31(28(34)27(24)33)20-10-7-17(3)8-11-20/h4-14,16,25,32H,15H2,1-3H3/b26-24-. The van der Waals surface area contributed by atoms with Crippen LogP contribution in [0.2, 0.25) is 10.0 Å². The number of carbonyl (C=O) groups excluding carboxylic acids is 2. The number of carbonyl (C=O) groups is 2. The number of amides is 1. The van der Waals surface area contributed by atoms with Gasteiger partial charge in [0.05, 0.1) is 28.3 Å². The van der Waals surface area contributed by atoms with E-state index in [0.29, 0.717) is 40.1 Å². The molecule has 0 spiro atoms. The molecule has 1 fully saturated rings. The Balaban J connectivity index is 1.88. The van der Waals surface area contributed by atoms with Gasteiger partial charge in [-0.05, 0) is 54.8 Å². The van der Waals surface area contributed by atoms with Crippen LogP contribution in [0.25, 0.3) is 5.76 Å². The van der Waals surface area contributed by atoms with E-state index in [0.717, 1.165) is 5.56 Å². The van der Waals surface area contributed by atoms with Gasteiger partial charge < -0.3 is 9.84 Å². The van der Waals surface area contributed by atoms with Gasteiger partial charge in [0, 0.05) is 11.3 Å². The molecule has 5 nitrogen and oxygen atoms in total. The van der Waals surface area contributed by atoms with Crippen molar-refractivity contribution in [2.24, 2.45) is 5.92 Å². The second-order valence-corrected chi connectivity index (χ2v) is 9.73. The molecule has 1 atom stereocenters. The quantitative estimate of drug-likeness (QED) is 0.221. The summed E-state index contributed by atoms with van der Waals surface area (Å²) in [4.78, 5) is 28.0. The first-order valence-corrected chi connectivity index (χ1v) is 12.0. The monoisotopic (exact) mass is 509 g/mol. The van der Waals surface area contributed by atoms with E-state index in [2.05, 4.69) is 0 Å². The average molecular weight is 510 g/mol. The van der Waals surface area contributed by atoms with Crippen LogP contribution in [0.15, 0.2) is 72.3 Å². The molecular formula is C28H25Cl2NO4. The number of nitrogens with zero attached hydrogens (tertiary/aromatic N) is 1. The van der Waals surface area contributed by atoms with Crippen LogP contribution < -0.4 is 9.64 Å². The fraction of sp³-hybridized carbons (Fsp3) is 0.214. The van der Waals surface area contributed by atoms with E-state index in [1.165, 1.54) is 4.90 Å².